The molecule has 0 fully saturated rings. The van der Waals surface area contributed by atoms with Gasteiger partial charge in [-0.1, -0.05) is 46.4 Å². The molecule has 1 N–H and O–H groups in total. The summed E-state index contributed by atoms with van der Waals surface area (Å²) < 4.78 is 35.1. The van der Waals surface area contributed by atoms with E-state index in [0.29, 0.717) is 6.61 Å². The molecule has 0 saturated heterocycles. The van der Waals surface area contributed by atoms with Crippen molar-refractivity contribution in [3.8, 4) is 0 Å². The molecule has 0 aliphatic carbocycles. The normalized spacial score (nSPS) is 11.0. The van der Waals surface area contributed by atoms with Crippen LogP contribution in [0.4, 0.5) is 0 Å². The van der Waals surface area contributed by atoms with Crippen LogP contribution in [0.5, 0.6) is 0 Å². The minimum Gasteiger partial charge on any atom is -0.461 e. The van der Waals surface area contributed by atoms with Crippen LogP contribution in [-0.2, 0) is 19.6 Å². The maximum Gasteiger partial charge on any atom is 0.330 e. The van der Waals surface area contributed by atoms with E-state index >= 15 is 0 Å². The number of carbonyl (C=O) groups excluding carboxylic acids is 1. The average molecular weight is 371 g/mol. The summed E-state index contributed by atoms with van der Waals surface area (Å²) in [4.78, 5) is 12.8. The van der Waals surface area contributed by atoms with E-state index in [4.69, 9.17) is 9.29 Å². The largest absolute Gasteiger partial charge is 0.461 e. The Hall–Kier alpha value is -1.70. The Labute approximate surface area is 151 Å². The molecule has 142 valence electrons. The molecule has 0 saturated carbocycles. The van der Waals surface area contributed by atoms with Crippen LogP contribution in [0.2, 0.25) is 0 Å². The fraction of sp³-hybridized carbons (Fsp3) is 0.500. The standard InChI is InChI=1S/C9H17NO2.C9H12O3S/c1-4-9(11)12-8-7-10(5-2)6-3;1-7(2)8-4-3-5-9(6-8)13(10,11)12/h4H,1,5-8H2,2-3H3;3-7H,1-2H3,(H,10,11,12). The summed E-state index contributed by atoms with van der Waals surface area (Å²) in [6.45, 7) is 14.6. The zero-order chi connectivity index (χ0) is 19.5. The summed E-state index contributed by atoms with van der Waals surface area (Å²) in [6, 6.07) is 6.32. The van der Waals surface area contributed by atoms with Gasteiger partial charge in [-0.15, -0.1) is 0 Å². The van der Waals surface area contributed by atoms with Crippen LogP contribution in [0.3, 0.4) is 0 Å². The first-order valence-electron chi connectivity index (χ1n) is 8.24. The van der Waals surface area contributed by atoms with Crippen molar-refractivity contribution in [3.63, 3.8) is 0 Å². The number of hydrogen-bond acceptors (Lipinski definition) is 5. The molecule has 0 bridgehead atoms. The molecule has 0 heterocycles. The van der Waals surface area contributed by atoms with Crippen molar-refractivity contribution in [3.05, 3.63) is 42.5 Å². The molecule has 25 heavy (non-hydrogen) atoms. The molecule has 0 aromatic heterocycles. The number of hydrogen-bond donors (Lipinski definition) is 1. The van der Waals surface area contributed by atoms with E-state index in [9.17, 15) is 13.2 Å². The van der Waals surface area contributed by atoms with E-state index in [2.05, 4.69) is 25.3 Å². The first kappa shape index (κ1) is 23.3. The zero-order valence-electron chi connectivity index (χ0n) is 15.4. The summed E-state index contributed by atoms with van der Waals surface area (Å²) >= 11 is 0. The van der Waals surface area contributed by atoms with Crippen molar-refractivity contribution < 1.29 is 22.5 Å². The van der Waals surface area contributed by atoms with Gasteiger partial charge in [0.15, 0.2) is 0 Å². The number of ether oxygens (including phenoxy) is 1. The van der Waals surface area contributed by atoms with E-state index in [1.807, 2.05) is 19.9 Å². The van der Waals surface area contributed by atoms with Crippen LogP contribution in [0.1, 0.15) is 39.2 Å². The predicted molar refractivity (Wildman–Crippen MR) is 99.3 cm³/mol. The van der Waals surface area contributed by atoms with E-state index in [1.54, 1.807) is 6.07 Å². The fourth-order valence-electron chi connectivity index (χ4n) is 1.91. The van der Waals surface area contributed by atoms with Crippen molar-refractivity contribution >= 4 is 16.1 Å². The van der Waals surface area contributed by atoms with Crippen LogP contribution in [0.15, 0.2) is 41.8 Å². The summed E-state index contributed by atoms with van der Waals surface area (Å²) in [5.41, 5.74) is 0.898. The maximum atomic E-state index is 10.8. The van der Waals surface area contributed by atoms with Gasteiger partial charge in [0, 0.05) is 12.6 Å². The first-order valence-corrected chi connectivity index (χ1v) is 9.68. The maximum absolute atomic E-state index is 10.8. The third-order valence-electron chi connectivity index (χ3n) is 3.54. The minimum absolute atomic E-state index is 0.0429. The van der Waals surface area contributed by atoms with Crippen molar-refractivity contribution in [2.75, 3.05) is 26.2 Å². The van der Waals surface area contributed by atoms with Gasteiger partial charge in [-0.2, -0.15) is 8.42 Å². The van der Waals surface area contributed by atoms with Crippen LogP contribution in [0.25, 0.3) is 0 Å². The van der Waals surface area contributed by atoms with Gasteiger partial charge < -0.3 is 9.64 Å². The number of nitrogens with zero attached hydrogens (tertiary/aromatic N) is 1. The molecular weight excluding hydrogens is 342 g/mol. The monoisotopic (exact) mass is 371 g/mol. The molecule has 7 heteroatoms. The third kappa shape index (κ3) is 10.0. The quantitative estimate of drug-likeness (QED) is 0.429. The van der Waals surface area contributed by atoms with Gasteiger partial charge in [0.05, 0.1) is 4.90 Å². The molecule has 1 aromatic rings. The fourth-order valence-corrected chi connectivity index (χ4v) is 2.44. The number of rotatable bonds is 8. The molecule has 1 aromatic carbocycles. The van der Waals surface area contributed by atoms with Crippen LogP contribution in [-0.4, -0.2) is 50.1 Å². The number of esters is 1. The molecule has 0 unspecified atom stereocenters. The van der Waals surface area contributed by atoms with E-state index in [-0.39, 0.29) is 16.8 Å². The van der Waals surface area contributed by atoms with Crippen LogP contribution < -0.4 is 0 Å². The highest BCUT2D eigenvalue weighted by Gasteiger charge is 2.10. The van der Waals surface area contributed by atoms with Crippen molar-refractivity contribution in [2.45, 2.75) is 38.5 Å². The first-order chi connectivity index (χ1) is 11.6. The SMILES string of the molecule is C=CC(=O)OCCN(CC)CC.CC(C)c1cccc(S(=O)(=O)O)c1. The lowest BCUT2D eigenvalue weighted by atomic mass is 10.0. The molecule has 0 aliphatic rings. The van der Waals surface area contributed by atoms with Gasteiger partial charge in [0.1, 0.15) is 6.61 Å². The molecule has 1 rings (SSSR count). The molecule has 0 amide bonds. The summed E-state index contributed by atoms with van der Waals surface area (Å²) in [7, 11) is -4.06. The van der Waals surface area contributed by atoms with Gasteiger partial charge >= 0.3 is 5.97 Å². The number of carbonyl (C=O) groups is 1. The lowest BCUT2D eigenvalue weighted by Gasteiger charge is -2.16. The van der Waals surface area contributed by atoms with Gasteiger partial charge in [0.2, 0.25) is 0 Å². The molecule has 6 nitrogen and oxygen atoms in total. The molecular formula is C18H29NO5S. The Kier molecular flexibility index (Phi) is 11.0. The summed E-state index contributed by atoms with van der Waals surface area (Å²) in [6.07, 6.45) is 1.18. The van der Waals surface area contributed by atoms with E-state index < -0.39 is 10.1 Å². The number of benzene rings is 1. The average Bonchev–Trinajstić information content (AvgIpc) is 2.58. The highest BCUT2D eigenvalue weighted by molar-refractivity contribution is 7.85. The Morgan fingerprint density at radius 1 is 1.32 bits per heavy atom. The van der Waals surface area contributed by atoms with Crippen molar-refractivity contribution in [1.29, 1.82) is 0 Å². The zero-order valence-corrected chi connectivity index (χ0v) is 16.3. The van der Waals surface area contributed by atoms with Crippen molar-refractivity contribution in [2.24, 2.45) is 0 Å². The second-order valence-electron chi connectivity index (χ2n) is 5.60. The predicted octanol–water partition coefficient (Wildman–Crippen LogP) is 3.11. The Morgan fingerprint density at radius 2 is 1.92 bits per heavy atom. The van der Waals surface area contributed by atoms with Gasteiger partial charge in [-0.3, -0.25) is 4.55 Å². The second kappa shape index (κ2) is 11.8. The summed E-state index contributed by atoms with van der Waals surface area (Å²) in [5, 5.41) is 0. The lowest BCUT2D eigenvalue weighted by molar-refractivity contribution is -0.138. The van der Waals surface area contributed by atoms with Gasteiger partial charge in [0.25, 0.3) is 10.1 Å². The topological polar surface area (TPSA) is 83.9 Å². The van der Waals surface area contributed by atoms with Crippen LogP contribution in [0, 0.1) is 0 Å². The van der Waals surface area contributed by atoms with Gasteiger partial charge in [-0.05, 0) is 36.7 Å². The molecule has 0 spiro atoms. The Morgan fingerprint density at radius 3 is 2.36 bits per heavy atom. The number of likely N-dealkylation sites (N-methyl/N-ethyl adjacent to an activating group) is 1. The molecule has 0 aliphatic heterocycles. The Bertz CT molecular complexity index is 637. The minimum atomic E-state index is -4.06. The van der Waals surface area contributed by atoms with E-state index in [0.717, 1.165) is 25.2 Å². The molecule has 0 atom stereocenters. The van der Waals surface area contributed by atoms with E-state index in [1.165, 1.54) is 18.2 Å². The molecule has 0 radical (unpaired) electrons. The van der Waals surface area contributed by atoms with Gasteiger partial charge in [-0.25, -0.2) is 4.79 Å². The Balaban J connectivity index is 0.000000463. The second-order valence-corrected chi connectivity index (χ2v) is 7.02. The van der Waals surface area contributed by atoms with Crippen LogP contribution >= 0.6 is 0 Å². The summed E-state index contributed by atoms with van der Waals surface area (Å²) in [5.74, 6) is -0.0937. The lowest BCUT2D eigenvalue weighted by Crippen LogP contribution is -2.27. The highest BCUT2D eigenvalue weighted by atomic mass is 32.2. The van der Waals surface area contributed by atoms with Crippen molar-refractivity contribution in [1.82, 2.24) is 4.90 Å². The smallest absolute Gasteiger partial charge is 0.330 e. The third-order valence-corrected chi connectivity index (χ3v) is 4.39. The highest BCUT2D eigenvalue weighted by Crippen LogP contribution is 2.18.